The summed E-state index contributed by atoms with van der Waals surface area (Å²) in [5.41, 5.74) is 0. The summed E-state index contributed by atoms with van der Waals surface area (Å²) >= 11 is 0. The second-order valence-electron chi connectivity index (χ2n) is 20.4. The van der Waals surface area contributed by atoms with E-state index in [0.717, 1.165) is 69.6 Å². The van der Waals surface area contributed by atoms with Gasteiger partial charge in [-0.1, -0.05) is 285 Å². The Morgan fingerprint density at radius 2 is 0.547 bits per heavy atom. The maximum Gasteiger partial charge on any atom is 0.306 e. The fourth-order valence-electron chi connectivity index (χ4n) is 8.81. The molecule has 0 aromatic rings. The van der Waals surface area contributed by atoms with E-state index in [1.807, 2.05) is 0 Å². The van der Waals surface area contributed by atoms with E-state index in [9.17, 15) is 14.4 Å². The van der Waals surface area contributed by atoms with Crippen molar-refractivity contribution in [2.45, 2.75) is 330 Å². The molecule has 0 rings (SSSR count). The lowest BCUT2D eigenvalue weighted by atomic mass is 9.99. The number of unbranched alkanes of at least 4 members (excludes halogenated alkanes) is 35. The maximum atomic E-state index is 12.8. The van der Waals surface area contributed by atoms with E-state index in [1.54, 1.807) is 0 Å². The highest BCUT2D eigenvalue weighted by Gasteiger charge is 2.19. The summed E-state index contributed by atoms with van der Waals surface area (Å²) in [6.45, 7) is 11.4. The molecule has 380 valence electrons. The highest BCUT2D eigenvalue weighted by molar-refractivity contribution is 5.71. The number of carbonyl (C=O) groups excluding carboxylic acids is 3. The summed E-state index contributed by atoms with van der Waals surface area (Å²) < 4.78 is 16.9. The second kappa shape index (κ2) is 50.8. The van der Waals surface area contributed by atoms with Gasteiger partial charge in [0.1, 0.15) is 13.2 Å². The minimum atomic E-state index is -0.763. The monoisotopic (exact) mass is 905 g/mol. The molecule has 0 aromatic carbocycles. The molecule has 0 N–H and O–H groups in total. The molecule has 2 unspecified atom stereocenters. The lowest BCUT2D eigenvalue weighted by Crippen LogP contribution is -2.30. The molecule has 0 bridgehead atoms. The van der Waals surface area contributed by atoms with Crippen LogP contribution in [0.25, 0.3) is 0 Å². The molecule has 3 atom stereocenters. The first-order valence-corrected chi connectivity index (χ1v) is 28.8. The zero-order valence-electron chi connectivity index (χ0n) is 43.9. The van der Waals surface area contributed by atoms with E-state index < -0.39 is 6.10 Å². The Morgan fingerprint density at radius 3 is 0.812 bits per heavy atom. The van der Waals surface area contributed by atoms with Gasteiger partial charge in [0.15, 0.2) is 6.10 Å². The van der Waals surface area contributed by atoms with E-state index in [-0.39, 0.29) is 31.1 Å². The van der Waals surface area contributed by atoms with Crippen molar-refractivity contribution in [2.75, 3.05) is 13.2 Å². The summed E-state index contributed by atoms with van der Waals surface area (Å²) in [5.74, 6) is 0.901. The molecular formula is C58H112O6. The van der Waals surface area contributed by atoms with Gasteiger partial charge in [0.25, 0.3) is 0 Å². The third-order valence-electron chi connectivity index (χ3n) is 13.9. The molecule has 0 amide bonds. The van der Waals surface area contributed by atoms with E-state index in [0.29, 0.717) is 19.3 Å². The van der Waals surface area contributed by atoms with Crippen LogP contribution in [-0.4, -0.2) is 37.2 Å². The van der Waals surface area contributed by atoms with Crippen molar-refractivity contribution in [3.63, 3.8) is 0 Å². The van der Waals surface area contributed by atoms with Gasteiger partial charge >= 0.3 is 17.9 Å². The number of esters is 3. The average molecular weight is 906 g/mol. The van der Waals surface area contributed by atoms with Crippen molar-refractivity contribution in [1.29, 1.82) is 0 Å². The number of ether oxygens (including phenoxy) is 3. The minimum Gasteiger partial charge on any atom is -0.462 e. The molecule has 0 aliphatic heterocycles. The first-order chi connectivity index (χ1) is 31.3. The van der Waals surface area contributed by atoms with Crippen molar-refractivity contribution in [2.24, 2.45) is 11.8 Å². The van der Waals surface area contributed by atoms with Crippen molar-refractivity contribution in [3.8, 4) is 0 Å². The number of hydrogen-bond donors (Lipinski definition) is 0. The molecule has 0 aliphatic carbocycles. The predicted octanol–water partition coefficient (Wildman–Crippen LogP) is 18.9. The lowest BCUT2D eigenvalue weighted by Gasteiger charge is -2.18. The zero-order valence-corrected chi connectivity index (χ0v) is 43.9. The molecule has 0 heterocycles. The van der Waals surface area contributed by atoms with Gasteiger partial charge in [-0.3, -0.25) is 14.4 Å². The zero-order chi connectivity index (χ0) is 46.8. The van der Waals surface area contributed by atoms with Crippen molar-refractivity contribution >= 4 is 17.9 Å². The third kappa shape index (κ3) is 48.3. The van der Waals surface area contributed by atoms with Gasteiger partial charge in [0.2, 0.25) is 0 Å². The Balaban J connectivity index is 4.30. The van der Waals surface area contributed by atoms with Crippen molar-refractivity contribution in [3.05, 3.63) is 0 Å². The lowest BCUT2D eigenvalue weighted by molar-refractivity contribution is -0.167. The molecule has 6 nitrogen and oxygen atoms in total. The molecule has 0 aromatic heterocycles. The largest absolute Gasteiger partial charge is 0.462 e. The van der Waals surface area contributed by atoms with Crippen LogP contribution in [0, 0.1) is 11.8 Å². The first kappa shape index (κ1) is 62.4. The van der Waals surface area contributed by atoms with Gasteiger partial charge in [-0.2, -0.15) is 0 Å². The number of hydrogen-bond acceptors (Lipinski definition) is 6. The standard InChI is InChI=1S/C58H112O6/c1-6-9-10-11-12-13-14-15-16-17-21-24-27-33-38-43-48-56(59)62-51-55(52-63-57(60)49-44-39-34-30-29-32-37-42-47-54(5)8-3)64-58(61)50-45-40-35-28-25-22-19-18-20-23-26-31-36-41-46-53(4)7-2/h53-55H,6-52H2,1-5H3/t53?,54?,55-/m1/s1. The molecule has 64 heavy (non-hydrogen) atoms. The van der Waals surface area contributed by atoms with Crippen LogP contribution in [-0.2, 0) is 28.6 Å². The molecule has 0 spiro atoms. The summed E-state index contributed by atoms with van der Waals surface area (Å²) in [6, 6.07) is 0. The fourth-order valence-corrected chi connectivity index (χ4v) is 8.81. The normalized spacial score (nSPS) is 12.9. The maximum absolute atomic E-state index is 12.8. The van der Waals surface area contributed by atoms with Crippen LogP contribution in [0.5, 0.6) is 0 Å². The molecule has 0 radical (unpaired) electrons. The Morgan fingerprint density at radius 1 is 0.312 bits per heavy atom. The second-order valence-corrected chi connectivity index (χ2v) is 20.4. The van der Waals surface area contributed by atoms with E-state index in [2.05, 4.69) is 34.6 Å². The molecule has 0 fully saturated rings. The number of carbonyl (C=O) groups is 3. The highest BCUT2D eigenvalue weighted by Crippen LogP contribution is 2.19. The van der Waals surface area contributed by atoms with Crippen LogP contribution in [0.15, 0.2) is 0 Å². The third-order valence-corrected chi connectivity index (χ3v) is 13.9. The van der Waals surface area contributed by atoms with Crippen molar-refractivity contribution < 1.29 is 28.6 Å². The molecule has 0 aliphatic rings. The molecule has 0 saturated heterocycles. The van der Waals surface area contributed by atoms with Gasteiger partial charge in [-0.25, -0.2) is 0 Å². The van der Waals surface area contributed by atoms with Gasteiger partial charge in [-0.15, -0.1) is 0 Å². The van der Waals surface area contributed by atoms with Gasteiger partial charge in [0, 0.05) is 19.3 Å². The minimum absolute atomic E-state index is 0.0630. The van der Waals surface area contributed by atoms with Crippen LogP contribution in [0.2, 0.25) is 0 Å². The van der Waals surface area contributed by atoms with Gasteiger partial charge in [0.05, 0.1) is 0 Å². The van der Waals surface area contributed by atoms with Crippen LogP contribution in [0.3, 0.4) is 0 Å². The van der Waals surface area contributed by atoms with Crippen LogP contribution >= 0.6 is 0 Å². The van der Waals surface area contributed by atoms with E-state index >= 15 is 0 Å². The van der Waals surface area contributed by atoms with Crippen LogP contribution in [0.4, 0.5) is 0 Å². The molecule has 0 saturated carbocycles. The quantitative estimate of drug-likeness (QED) is 0.0344. The summed E-state index contributed by atoms with van der Waals surface area (Å²) in [7, 11) is 0. The SMILES string of the molecule is CCCCCCCCCCCCCCCCCCC(=O)OC[C@H](COC(=O)CCCCCCCCCCC(C)CC)OC(=O)CCCCCCCCCCCCCCCCC(C)CC. The Hall–Kier alpha value is -1.59. The molecule has 6 heteroatoms. The number of rotatable bonds is 52. The van der Waals surface area contributed by atoms with Gasteiger partial charge in [-0.05, 0) is 31.1 Å². The highest BCUT2D eigenvalue weighted by atomic mass is 16.6. The topological polar surface area (TPSA) is 78.9 Å². The average Bonchev–Trinajstić information content (AvgIpc) is 3.29. The molecular weight excluding hydrogens is 793 g/mol. The Kier molecular flexibility index (Phi) is 49.6. The summed E-state index contributed by atoms with van der Waals surface area (Å²) in [4.78, 5) is 38.1. The summed E-state index contributed by atoms with van der Waals surface area (Å²) in [6.07, 6.45) is 53.7. The van der Waals surface area contributed by atoms with Gasteiger partial charge < -0.3 is 14.2 Å². The van der Waals surface area contributed by atoms with E-state index in [4.69, 9.17) is 14.2 Å². The van der Waals surface area contributed by atoms with E-state index in [1.165, 1.54) is 212 Å². The Labute approximate surface area is 399 Å². The first-order valence-electron chi connectivity index (χ1n) is 28.8. The smallest absolute Gasteiger partial charge is 0.306 e. The van der Waals surface area contributed by atoms with Crippen LogP contribution < -0.4 is 0 Å². The van der Waals surface area contributed by atoms with Crippen molar-refractivity contribution in [1.82, 2.24) is 0 Å². The Bertz CT molecular complexity index is 982. The fraction of sp³-hybridized carbons (Fsp3) is 0.948. The summed E-state index contributed by atoms with van der Waals surface area (Å²) in [5, 5.41) is 0. The van der Waals surface area contributed by atoms with Crippen LogP contribution in [0.1, 0.15) is 324 Å². The predicted molar refractivity (Wildman–Crippen MR) is 275 cm³/mol.